The number of carbonyl (C=O) groups is 2. The maximum atomic E-state index is 12.3. The molecule has 1 atom stereocenters. The molecule has 2 aromatic carbocycles. The van der Waals surface area contributed by atoms with Gasteiger partial charge in [-0.3, -0.25) is 9.59 Å². The molecule has 156 valence electrons. The van der Waals surface area contributed by atoms with Crippen molar-refractivity contribution >= 4 is 27.6 Å². The Balaban J connectivity index is 1.92. The van der Waals surface area contributed by atoms with E-state index >= 15 is 0 Å². The van der Waals surface area contributed by atoms with Gasteiger partial charge in [0, 0.05) is 5.69 Å². The van der Waals surface area contributed by atoms with Gasteiger partial charge in [0.05, 0.1) is 4.90 Å². The lowest BCUT2D eigenvalue weighted by Crippen LogP contribution is -2.36. The van der Waals surface area contributed by atoms with Gasteiger partial charge in [0.1, 0.15) is 6.54 Å². The third kappa shape index (κ3) is 6.13. The number of esters is 1. The molecule has 0 heterocycles. The highest BCUT2D eigenvalue weighted by molar-refractivity contribution is 7.89. The Kier molecular flexibility index (Phi) is 7.16. The third-order valence-electron chi connectivity index (χ3n) is 4.51. The van der Waals surface area contributed by atoms with Crippen molar-refractivity contribution in [2.45, 2.75) is 45.6 Å². The molecule has 0 aliphatic carbocycles. The van der Waals surface area contributed by atoms with Crippen molar-refractivity contribution < 1.29 is 22.7 Å². The lowest BCUT2D eigenvalue weighted by atomic mass is 10.1. The molecule has 2 rings (SSSR count). The van der Waals surface area contributed by atoms with E-state index in [9.17, 15) is 18.0 Å². The predicted molar refractivity (Wildman–Crippen MR) is 111 cm³/mol. The molecule has 8 heteroatoms. The van der Waals surface area contributed by atoms with Crippen LogP contribution in [-0.2, 0) is 24.3 Å². The number of nitrogens with one attached hydrogen (secondary N) is 2. The fourth-order valence-electron chi connectivity index (χ4n) is 2.60. The van der Waals surface area contributed by atoms with E-state index in [1.54, 1.807) is 19.1 Å². The predicted octanol–water partition coefficient (Wildman–Crippen LogP) is 2.77. The first kappa shape index (κ1) is 22.6. The molecule has 2 N–H and O–H groups in total. The lowest BCUT2D eigenvalue weighted by Gasteiger charge is -2.15. The van der Waals surface area contributed by atoms with Crippen LogP contribution in [0.3, 0.4) is 0 Å². The molecule has 1 amide bonds. The average molecular weight is 419 g/mol. The average Bonchev–Trinajstić information content (AvgIpc) is 2.64. The van der Waals surface area contributed by atoms with Crippen molar-refractivity contribution in [1.29, 1.82) is 0 Å². The van der Waals surface area contributed by atoms with Crippen LogP contribution in [0.2, 0.25) is 0 Å². The SMILES string of the molecule is Cc1ccc(NC(=O)[C@@H](C)OC(=O)CNS(=O)(=O)c2ccc(C)c(C)c2)c(C)c1. The van der Waals surface area contributed by atoms with Crippen LogP contribution in [-0.4, -0.2) is 32.9 Å². The summed E-state index contributed by atoms with van der Waals surface area (Å²) in [6.07, 6.45) is -1.07. The van der Waals surface area contributed by atoms with Crippen molar-refractivity contribution in [2.75, 3.05) is 11.9 Å². The number of hydrogen-bond acceptors (Lipinski definition) is 5. The molecule has 0 fully saturated rings. The second-order valence-corrected chi connectivity index (χ2v) is 8.78. The molecule has 0 aromatic heterocycles. The summed E-state index contributed by atoms with van der Waals surface area (Å²) < 4.78 is 31.9. The van der Waals surface area contributed by atoms with Gasteiger partial charge in [0.15, 0.2) is 6.10 Å². The van der Waals surface area contributed by atoms with Gasteiger partial charge in [0.25, 0.3) is 5.91 Å². The standard InChI is InChI=1S/C21H26N2O5S/c1-13-6-9-19(16(4)10-13)23-21(25)17(5)28-20(24)12-22-29(26,27)18-8-7-14(2)15(3)11-18/h6-11,17,22H,12H2,1-5H3,(H,23,25)/t17-/m1/s1. The Bertz CT molecular complexity index is 1030. The van der Waals surface area contributed by atoms with Gasteiger partial charge in [0.2, 0.25) is 10.0 Å². The van der Waals surface area contributed by atoms with Crippen LogP contribution in [0.4, 0.5) is 5.69 Å². The Labute approximate surface area is 171 Å². The molecule has 7 nitrogen and oxygen atoms in total. The molecule has 0 bridgehead atoms. The summed E-state index contributed by atoms with van der Waals surface area (Å²) in [4.78, 5) is 24.3. The number of aryl methyl sites for hydroxylation is 4. The summed E-state index contributed by atoms with van der Waals surface area (Å²) in [7, 11) is -3.86. The maximum Gasteiger partial charge on any atom is 0.321 e. The molecule has 29 heavy (non-hydrogen) atoms. The molecule has 0 spiro atoms. The molecule has 0 saturated carbocycles. The number of hydrogen-bond donors (Lipinski definition) is 2. The first-order valence-corrected chi connectivity index (χ1v) is 10.6. The molecule has 0 aliphatic heterocycles. The number of amides is 1. The normalized spacial score (nSPS) is 12.3. The Morgan fingerprint density at radius 3 is 2.28 bits per heavy atom. The topological polar surface area (TPSA) is 102 Å². The van der Waals surface area contributed by atoms with E-state index in [1.165, 1.54) is 19.1 Å². The third-order valence-corrected chi connectivity index (χ3v) is 5.91. The largest absolute Gasteiger partial charge is 0.452 e. The molecule has 2 aromatic rings. The van der Waals surface area contributed by atoms with Gasteiger partial charge in [-0.1, -0.05) is 23.8 Å². The quantitative estimate of drug-likeness (QED) is 0.673. The zero-order valence-corrected chi connectivity index (χ0v) is 18.0. The van der Waals surface area contributed by atoms with E-state index in [2.05, 4.69) is 10.0 Å². The number of rotatable bonds is 7. The summed E-state index contributed by atoms with van der Waals surface area (Å²) in [5.74, 6) is -1.34. The minimum atomic E-state index is -3.86. The summed E-state index contributed by atoms with van der Waals surface area (Å²) in [5.41, 5.74) is 4.37. The summed E-state index contributed by atoms with van der Waals surface area (Å²) in [6, 6.07) is 10.3. The zero-order chi connectivity index (χ0) is 21.8. The molecule has 0 unspecified atom stereocenters. The monoisotopic (exact) mass is 418 g/mol. The highest BCUT2D eigenvalue weighted by Crippen LogP contribution is 2.17. The van der Waals surface area contributed by atoms with E-state index < -0.39 is 34.5 Å². The van der Waals surface area contributed by atoms with E-state index in [-0.39, 0.29) is 4.90 Å². The minimum absolute atomic E-state index is 0.0639. The number of sulfonamides is 1. The van der Waals surface area contributed by atoms with Crippen LogP contribution >= 0.6 is 0 Å². The number of ether oxygens (including phenoxy) is 1. The smallest absolute Gasteiger partial charge is 0.321 e. The van der Waals surface area contributed by atoms with E-state index in [4.69, 9.17) is 4.74 Å². The Hall–Kier alpha value is -2.71. The van der Waals surface area contributed by atoms with Gasteiger partial charge in [-0.05, 0) is 69.5 Å². The van der Waals surface area contributed by atoms with Gasteiger partial charge >= 0.3 is 5.97 Å². The zero-order valence-electron chi connectivity index (χ0n) is 17.2. The van der Waals surface area contributed by atoms with Crippen LogP contribution in [0.15, 0.2) is 41.3 Å². The van der Waals surface area contributed by atoms with Crippen LogP contribution < -0.4 is 10.0 Å². The van der Waals surface area contributed by atoms with Crippen molar-refractivity contribution in [1.82, 2.24) is 4.72 Å². The molecule has 0 saturated heterocycles. The van der Waals surface area contributed by atoms with Gasteiger partial charge in [-0.15, -0.1) is 0 Å². The number of benzene rings is 2. The van der Waals surface area contributed by atoms with Crippen molar-refractivity contribution in [3.05, 3.63) is 58.7 Å². The highest BCUT2D eigenvalue weighted by Gasteiger charge is 2.21. The van der Waals surface area contributed by atoms with Gasteiger partial charge in [-0.2, -0.15) is 4.72 Å². The lowest BCUT2D eigenvalue weighted by molar-refractivity contribution is -0.151. The molecule has 0 aliphatic rings. The van der Waals surface area contributed by atoms with Crippen LogP contribution in [0.25, 0.3) is 0 Å². The first-order chi connectivity index (χ1) is 13.5. The van der Waals surface area contributed by atoms with Crippen LogP contribution in [0.5, 0.6) is 0 Å². The van der Waals surface area contributed by atoms with Crippen molar-refractivity contribution in [2.24, 2.45) is 0 Å². The highest BCUT2D eigenvalue weighted by atomic mass is 32.2. The first-order valence-electron chi connectivity index (χ1n) is 9.14. The summed E-state index contributed by atoms with van der Waals surface area (Å²) in [5, 5.41) is 2.70. The van der Waals surface area contributed by atoms with E-state index in [0.29, 0.717) is 5.69 Å². The molecular formula is C21H26N2O5S. The van der Waals surface area contributed by atoms with Crippen molar-refractivity contribution in [3.63, 3.8) is 0 Å². The fraction of sp³-hybridized carbons (Fsp3) is 0.333. The van der Waals surface area contributed by atoms with Gasteiger partial charge < -0.3 is 10.1 Å². The van der Waals surface area contributed by atoms with Crippen LogP contribution in [0.1, 0.15) is 29.2 Å². The number of anilines is 1. The number of carbonyl (C=O) groups excluding carboxylic acids is 2. The van der Waals surface area contributed by atoms with E-state index in [1.807, 2.05) is 32.9 Å². The molecule has 0 radical (unpaired) electrons. The Morgan fingerprint density at radius 1 is 0.966 bits per heavy atom. The fourth-order valence-corrected chi connectivity index (χ4v) is 3.65. The summed E-state index contributed by atoms with van der Waals surface area (Å²) in [6.45, 7) is 8.34. The maximum absolute atomic E-state index is 12.3. The van der Waals surface area contributed by atoms with Gasteiger partial charge in [-0.25, -0.2) is 8.42 Å². The van der Waals surface area contributed by atoms with Crippen LogP contribution in [0, 0.1) is 27.7 Å². The molecular weight excluding hydrogens is 392 g/mol. The second kappa shape index (κ2) is 9.19. The second-order valence-electron chi connectivity index (χ2n) is 7.01. The minimum Gasteiger partial charge on any atom is -0.452 e. The van der Waals surface area contributed by atoms with E-state index in [0.717, 1.165) is 22.3 Å². The summed E-state index contributed by atoms with van der Waals surface area (Å²) >= 11 is 0. The van der Waals surface area contributed by atoms with Crippen molar-refractivity contribution in [3.8, 4) is 0 Å². The Morgan fingerprint density at radius 2 is 1.66 bits per heavy atom.